The number of carbonyl (C=O) groups is 2. The highest BCUT2D eigenvalue weighted by Gasteiger charge is 2.30. The Kier molecular flexibility index (Phi) is 5.06. The molecule has 0 spiro atoms. The van der Waals surface area contributed by atoms with Gasteiger partial charge in [0, 0.05) is 13.6 Å². The van der Waals surface area contributed by atoms with Gasteiger partial charge in [-0.25, -0.2) is 4.79 Å². The Hall–Kier alpha value is -1.47. The Morgan fingerprint density at radius 2 is 1.94 bits per heavy atom. The molecule has 0 aromatic carbocycles. The van der Waals surface area contributed by atoms with Gasteiger partial charge in [0.25, 0.3) is 0 Å². The van der Waals surface area contributed by atoms with E-state index in [2.05, 4.69) is 4.74 Å². The Morgan fingerprint density at radius 3 is 2.31 bits per heavy atom. The minimum atomic E-state index is -4.59. The molecular formula is C8H12F3NO4. The minimum absolute atomic E-state index is 0.216. The number of alkyl halides is 3. The average molecular weight is 243 g/mol. The molecule has 1 N–H and O–H groups in total. The largest absolute Gasteiger partial charge is 0.481 e. The fourth-order valence-corrected chi connectivity index (χ4v) is 0.817. The van der Waals surface area contributed by atoms with Crippen molar-refractivity contribution in [2.75, 3.05) is 20.2 Å². The topological polar surface area (TPSA) is 66.8 Å². The van der Waals surface area contributed by atoms with Gasteiger partial charge in [-0.05, 0) is 0 Å². The third-order valence-corrected chi connectivity index (χ3v) is 1.64. The number of carboxylic acids is 1. The van der Waals surface area contributed by atoms with E-state index >= 15 is 0 Å². The first-order valence-electron chi connectivity index (χ1n) is 4.31. The average Bonchev–Trinajstić information content (AvgIpc) is 2.12. The van der Waals surface area contributed by atoms with E-state index in [1.165, 1.54) is 6.92 Å². The number of aliphatic carboxylic acids is 1. The first-order valence-corrected chi connectivity index (χ1v) is 4.31. The van der Waals surface area contributed by atoms with Crippen molar-refractivity contribution in [3.8, 4) is 0 Å². The van der Waals surface area contributed by atoms with E-state index in [4.69, 9.17) is 5.11 Å². The van der Waals surface area contributed by atoms with E-state index in [1.807, 2.05) is 0 Å². The molecule has 16 heavy (non-hydrogen) atoms. The molecule has 0 rings (SSSR count). The van der Waals surface area contributed by atoms with Gasteiger partial charge in [-0.2, -0.15) is 13.2 Å². The van der Waals surface area contributed by atoms with Gasteiger partial charge in [-0.1, -0.05) is 6.92 Å². The van der Waals surface area contributed by atoms with Crippen LogP contribution in [0, 0.1) is 5.92 Å². The van der Waals surface area contributed by atoms with Crippen molar-refractivity contribution in [1.29, 1.82) is 0 Å². The predicted octanol–water partition coefficient (Wildman–Crippen LogP) is 1.34. The van der Waals surface area contributed by atoms with Crippen LogP contribution < -0.4 is 0 Å². The van der Waals surface area contributed by atoms with Crippen molar-refractivity contribution >= 4 is 12.1 Å². The monoisotopic (exact) mass is 243 g/mol. The molecule has 0 aliphatic carbocycles. The lowest BCUT2D eigenvalue weighted by Gasteiger charge is -2.19. The summed E-state index contributed by atoms with van der Waals surface area (Å²) < 4.78 is 39.0. The number of amides is 1. The van der Waals surface area contributed by atoms with Gasteiger partial charge < -0.3 is 14.7 Å². The molecule has 1 unspecified atom stereocenters. The van der Waals surface area contributed by atoms with Crippen LogP contribution in [0.2, 0.25) is 0 Å². The molecule has 0 aliphatic heterocycles. The lowest BCUT2D eigenvalue weighted by atomic mass is 10.2. The minimum Gasteiger partial charge on any atom is -0.481 e. The molecule has 0 heterocycles. The fraction of sp³-hybridized carbons (Fsp3) is 0.750. The van der Waals surface area contributed by atoms with Crippen molar-refractivity contribution in [3.05, 3.63) is 0 Å². The standard InChI is InChI=1S/C8H12F3NO4/c1-5(6(13)14)3-12(2)7(15)16-4-8(9,10)11/h5H,3-4H2,1-2H3,(H,13,14). The summed E-state index contributed by atoms with van der Waals surface area (Å²) >= 11 is 0. The van der Waals surface area contributed by atoms with E-state index in [9.17, 15) is 22.8 Å². The second kappa shape index (κ2) is 5.57. The van der Waals surface area contributed by atoms with Crippen molar-refractivity contribution in [2.24, 2.45) is 5.92 Å². The van der Waals surface area contributed by atoms with E-state index in [1.54, 1.807) is 0 Å². The lowest BCUT2D eigenvalue weighted by molar-refractivity contribution is -0.162. The number of carboxylic acid groups (broad SMARTS) is 1. The molecule has 0 aromatic heterocycles. The molecule has 0 fully saturated rings. The smallest absolute Gasteiger partial charge is 0.422 e. The molecule has 5 nitrogen and oxygen atoms in total. The number of nitrogens with zero attached hydrogens (tertiary/aromatic N) is 1. The summed E-state index contributed by atoms with van der Waals surface area (Å²) in [7, 11) is 1.16. The second-order valence-electron chi connectivity index (χ2n) is 3.29. The first kappa shape index (κ1) is 14.5. The van der Waals surface area contributed by atoms with Crippen LogP contribution in [-0.2, 0) is 9.53 Å². The third kappa shape index (κ3) is 6.10. The van der Waals surface area contributed by atoms with Crippen LogP contribution in [0.5, 0.6) is 0 Å². The molecule has 0 bridgehead atoms. The molecule has 8 heteroatoms. The molecule has 1 amide bonds. The Bertz CT molecular complexity index is 266. The lowest BCUT2D eigenvalue weighted by Crippen LogP contribution is -2.35. The SMILES string of the molecule is CC(CN(C)C(=O)OCC(F)(F)F)C(=O)O. The summed E-state index contributed by atoms with van der Waals surface area (Å²) in [6.07, 6.45) is -5.79. The van der Waals surface area contributed by atoms with Crippen LogP contribution in [0.25, 0.3) is 0 Å². The molecule has 0 saturated heterocycles. The highest BCUT2D eigenvalue weighted by molar-refractivity contribution is 5.72. The summed E-state index contributed by atoms with van der Waals surface area (Å²) in [4.78, 5) is 22.2. The zero-order chi connectivity index (χ0) is 12.9. The van der Waals surface area contributed by atoms with E-state index < -0.39 is 30.8 Å². The van der Waals surface area contributed by atoms with Gasteiger partial charge in [-0.3, -0.25) is 4.79 Å². The van der Waals surface area contributed by atoms with Crippen LogP contribution in [0.1, 0.15) is 6.92 Å². The summed E-state index contributed by atoms with van der Waals surface area (Å²) in [5.74, 6) is -2.01. The zero-order valence-electron chi connectivity index (χ0n) is 8.74. The summed E-state index contributed by atoms with van der Waals surface area (Å²) in [5.41, 5.74) is 0. The number of hydrogen-bond donors (Lipinski definition) is 1. The summed E-state index contributed by atoms with van der Waals surface area (Å²) in [5, 5.41) is 8.51. The van der Waals surface area contributed by atoms with Crippen molar-refractivity contribution in [2.45, 2.75) is 13.1 Å². The van der Waals surface area contributed by atoms with Crippen LogP contribution in [0.15, 0.2) is 0 Å². The molecule has 0 saturated carbocycles. The van der Waals surface area contributed by atoms with E-state index in [0.29, 0.717) is 0 Å². The Labute approximate surface area is 89.8 Å². The first-order chi connectivity index (χ1) is 7.13. The normalized spacial score (nSPS) is 13.1. The molecule has 0 aliphatic rings. The van der Waals surface area contributed by atoms with Crippen LogP contribution >= 0.6 is 0 Å². The maximum Gasteiger partial charge on any atom is 0.422 e. The molecule has 0 aromatic rings. The van der Waals surface area contributed by atoms with Gasteiger partial charge in [0.1, 0.15) is 0 Å². The predicted molar refractivity (Wildman–Crippen MR) is 46.8 cm³/mol. The van der Waals surface area contributed by atoms with Crippen LogP contribution in [0.4, 0.5) is 18.0 Å². The van der Waals surface area contributed by atoms with Crippen LogP contribution in [-0.4, -0.2) is 48.4 Å². The molecule has 94 valence electrons. The van der Waals surface area contributed by atoms with Crippen molar-refractivity contribution in [3.63, 3.8) is 0 Å². The maximum absolute atomic E-state index is 11.7. The Balaban J connectivity index is 4.05. The quantitative estimate of drug-likeness (QED) is 0.809. The fourth-order valence-electron chi connectivity index (χ4n) is 0.817. The van der Waals surface area contributed by atoms with Gasteiger partial charge >= 0.3 is 18.2 Å². The molecule has 1 atom stereocenters. The number of rotatable bonds is 4. The number of ether oxygens (including phenoxy) is 1. The number of carbonyl (C=O) groups excluding carboxylic acids is 1. The third-order valence-electron chi connectivity index (χ3n) is 1.64. The number of hydrogen-bond acceptors (Lipinski definition) is 3. The Morgan fingerprint density at radius 1 is 1.44 bits per heavy atom. The van der Waals surface area contributed by atoms with Crippen molar-refractivity contribution in [1.82, 2.24) is 4.90 Å². The number of halogens is 3. The molecule has 0 radical (unpaired) electrons. The highest BCUT2D eigenvalue weighted by Crippen LogP contribution is 2.15. The van der Waals surface area contributed by atoms with Gasteiger partial charge in [0.05, 0.1) is 5.92 Å². The summed E-state index contributed by atoms with van der Waals surface area (Å²) in [6.45, 7) is -0.570. The van der Waals surface area contributed by atoms with Crippen molar-refractivity contribution < 1.29 is 32.6 Å². The highest BCUT2D eigenvalue weighted by atomic mass is 19.4. The molecular weight excluding hydrogens is 231 g/mol. The van der Waals surface area contributed by atoms with Gasteiger partial charge in [-0.15, -0.1) is 0 Å². The van der Waals surface area contributed by atoms with E-state index in [0.717, 1.165) is 11.9 Å². The van der Waals surface area contributed by atoms with Crippen LogP contribution in [0.3, 0.4) is 0 Å². The maximum atomic E-state index is 11.7. The summed E-state index contributed by atoms with van der Waals surface area (Å²) in [6, 6.07) is 0. The second-order valence-corrected chi connectivity index (χ2v) is 3.29. The van der Waals surface area contributed by atoms with E-state index in [-0.39, 0.29) is 6.54 Å². The van der Waals surface area contributed by atoms with Gasteiger partial charge in [0.15, 0.2) is 6.61 Å². The zero-order valence-corrected chi connectivity index (χ0v) is 8.74. The van der Waals surface area contributed by atoms with Gasteiger partial charge in [0.2, 0.25) is 0 Å².